The second-order valence-corrected chi connectivity index (χ2v) is 9.81. The topological polar surface area (TPSA) is 46.2 Å². The van der Waals surface area contributed by atoms with Crippen LogP contribution in [0.5, 0.6) is 0 Å². The van der Waals surface area contributed by atoms with Crippen molar-refractivity contribution >= 4 is 21.2 Å². The van der Waals surface area contributed by atoms with Gasteiger partial charge in [-0.1, -0.05) is 20.8 Å². The largest absolute Gasteiger partial charge is 0.312 e. The SMILES string of the molecule is CC(C)(C)c1ccc(CNCC2CCS(=O)(=O)C2)s1. The molecule has 1 aliphatic heterocycles. The summed E-state index contributed by atoms with van der Waals surface area (Å²) >= 11 is 1.84. The Labute approximate surface area is 120 Å². The third-order valence-corrected chi connectivity index (χ3v) is 6.81. The summed E-state index contributed by atoms with van der Waals surface area (Å²) in [6.07, 6.45) is 0.813. The summed E-state index contributed by atoms with van der Waals surface area (Å²) < 4.78 is 22.7. The Morgan fingerprint density at radius 3 is 2.63 bits per heavy atom. The average Bonchev–Trinajstić information content (AvgIpc) is 2.85. The van der Waals surface area contributed by atoms with Gasteiger partial charge in [-0.25, -0.2) is 8.42 Å². The van der Waals surface area contributed by atoms with Crippen LogP contribution in [0.15, 0.2) is 12.1 Å². The molecular formula is C14H23NO2S2. The molecule has 1 saturated heterocycles. The summed E-state index contributed by atoms with van der Waals surface area (Å²) in [4.78, 5) is 2.72. The Balaban J connectivity index is 1.79. The quantitative estimate of drug-likeness (QED) is 0.930. The standard InChI is InChI=1S/C14H23NO2S2/c1-14(2,3)13-5-4-12(18-13)9-15-8-11-6-7-19(16,17)10-11/h4-5,11,15H,6-10H2,1-3H3. The maximum atomic E-state index is 11.4. The molecule has 2 rings (SSSR count). The number of hydrogen-bond donors (Lipinski definition) is 1. The van der Waals surface area contributed by atoms with Crippen molar-refractivity contribution in [2.24, 2.45) is 5.92 Å². The monoisotopic (exact) mass is 301 g/mol. The number of thiophene rings is 1. The fourth-order valence-corrected chi connectivity index (χ4v) is 5.21. The minimum atomic E-state index is -2.74. The van der Waals surface area contributed by atoms with Crippen molar-refractivity contribution in [3.8, 4) is 0 Å². The summed E-state index contributed by atoms with van der Waals surface area (Å²) in [5.41, 5.74) is 0.211. The van der Waals surface area contributed by atoms with Gasteiger partial charge in [0, 0.05) is 16.3 Å². The Kier molecular flexibility index (Phi) is 4.38. The Morgan fingerprint density at radius 2 is 2.11 bits per heavy atom. The van der Waals surface area contributed by atoms with Gasteiger partial charge in [-0.05, 0) is 36.4 Å². The molecule has 1 unspecified atom stereocenters. The van der Waals surface area contributed by atoms with Crippen LogP contribution in [0, 0.1) is 5.92 Å². The highest BCUT2D eigenvalue weighted by Gasteiger charge is 2.27. The Bertz CT molecular complexity index is 526. The molecule has 1 aromatic rings. The van der Waals surface area contributed by atoms with Gasteiger partial charge in [0.05, 0.1) is 11.5 Å². The fraction of sp³-hybridized carbons (Fsp3) is 0.714. The maximum Gasteiger partial charge on any atom is 0.150 e. The van der Waals surface area contributed by atoms with E-state index in [-0.39, 0.29) is 5.41 Å². The normalized spacial score (nSPS) is 22.8. The van der Waals surface area contributed by atoms with Gasteiger partial charge in [-0.3, -0.25) is 0 Å². The highest BCUT2D eigenvalue weighted by atomic mass is 32.2. The first-order valence-electron chi connectivity index (χ1n) is 6.77. The molecule has 3 nitrogen and oxygen atoms in total. The van der Waals surface area contributed by atoms with Gasteiger partial charge in [-0.2, -0.15) is 0 Å². The molecule has 0 spiro atoms. The molecule has 2 heterocycles. The minimum absolute atomic E-state index is 0.211. The predicted molar refractivity (Wildman–Crippen MR) is 81.5 cm³/mol. The summed E-state index contributed by atoms with van der Waals surface area (Å²) in [7, 11) is -2.74. The van der Waals surface area contributed by atoms with Crippen LogP contribution in [0.1, 0.15) is 36.9 Å². The molecule has 0 saturated carbocycles. The van der Waals surface area contributed by atoms with Gasteiger partial charge in [-0.15, -0.1) is 11.3 Å². The van der Waals surface area contributed by atoms with Crippen molar-refractivity contribution in [1.29, 1.82) is 0 Å². The van der Waals surface area contributed by atoms with Gasteiger partial charge in [0.15, 0.2) is 9.84 Å². The van der Waals surface area contributed by atoms with Crippen LogP contribution in [-0.4, -0.2) is 26.5 Å². The lowest BCUT2D eigenvalue weighted by Crippen LogP contribution is -2.22. The molecule has 0 radical (unpaired) electrons. The maximum absolute atomic E-state index is 11.4. The third-order valence-electron chi connectivity index (χ3n) is 3.46. The molecule has 0 aliphatic carbocycles. The van der Waals surface area contributed by atoms with Crippen molar-refractivity contribution in [2.75, 3.05) is 18.1 Å². The summed E-state index contributed by atoms with van der Waals surface area (Å²) in [5.74, 6) is 1.02. The first-order chi connectivity index (χ1) is 8.76. The molecule has 1 atom stereocenters. The summed E-state index contributed by atoms with van der Waals surface area (Å²) in [5, 5.41) is 3.39. The molecule has 1 aromatic heterocycles. The Hall–Kier alpha value is -0.390. The van der Waals surface area contributed by atoms with E-state index in [0.29, 0.717) is 17.4 Å². The molecule has 108 valence electrons. The van der Waals surface area contributed by atoms with E-state index < -0.39 is 9.84 Å². The van der Waals surface area contributed by atoms with Crippen LogP contribution in [-0.2, 0) is 21.8 Å². The van der Waals surface area contributed by atoms with Crippen molar-refractivity contribution in [3.63, 3.8) is 0 Å². The number of nitrogens with one attached hydrogen (secondary N) is 1. The first-order valence-corrected chi connectivity index (χ1v) is 9.40. The van der Waals surface area contributed by atoms with Gasteiger partial charge in [0.1, 0.15) is 0 Å². The highest BCUT2D eigenvalue weighted by molar-refractivity contribution is 7.91. The van der Waals surface area contributed by atoms with E-state index in [1.165, 1.54) is 9.75 Å². The zero-order valence-corrected chi connectivity index (χ0v) is 13.5. The van der Waals surface area contributed by atoms with E-state index in [2.05, 4.69) is 38.2 Å². The molecule has 5 heteroatoms. The van der Waals surface area contributed by atoms with Gasteiger partial charge in [0.25, 0.3) is 0 Å². The molecular weight excluding hydrogens is 278 g/mol. The van der Waals surface area contributed by atoms with E-state index in [9.17, 15) is 8.42 Å². The Morgan fingerprint density at radius 1 is 1.37 bits per heavy atom. The minimum Gasteiger partial charge on any atom is -0.312 e. The molecule has 19 heavy (non-hydrogen) atoms. The van der Waals surface area contributed by atoms with Crippen LogP contribution in [0.2, 0.25) is 0 Å². The number of sulfone groups is 1. The van der Waals surface area contributed by atoms with Gasteiger partial charge < -0.3 is 5.32 Å². The van der Waals surface area contributed by atoms with E-state index >= 15 is 0 Å². The smallest absolute Gasteiger partial charge is 0.150 e. The second kappa shape index (κ2) is 5.54. The zero-order valence-electron chi connectivity index (χ0n) is 11.9. The predicted octanol–water partition coefficient (Wildman–Crippen LogP) is 2.57. The molecule has 0 bridgehead atoms. The van der Waals surface area contributed by atoms with E-state index in [1.54, 1.807) is 0 Å². The van der Waals surface area contributed by atoms with Gasteiger partial charge in [0.2, 0.25) is 0 Å². The first kappa shape index (κ1) is 15.0. The average molecular weight is 301 g/mol. The lowest BCUT2D eigenvalue weighted by Gasteiger charge is -2.15. The zero-order chi connectivity index (χ0) is 14.1. The molecule has 0 aromatic carbocycles. The number of hydrogen-bond acceptors (Lipinski definition) is 4. The van der Waals surface area contributed by atoms with Gasteiger partial charge >= 0.3 is 0 Å². The molecule has 0 amide bonds. The van der Waals surface area contributed by atoms with Crippen LogP contribution < -0.4 is 5.32 Å². The lowest BCUT2D eigenvalue weighted by molar-refractivity contribution is 0.522. The van der Waals surface area contributed by atoms with Crippen molar-refractivity contribution < 1.29 is 8.42 Å². The molecule has 1 fully saturated rings. The second-order valence-electron chi connectivity index (χ2n) is 6.42. The highest BCUT2D eigenvalue weighted by Crippen LogP contribution is 2.29. The van der Waals surface area contributed by atoms with Crippen LogP contribution in [0.25, 0.3) is 0 Å². The summed E-state index contributed by atoms with van der Waals surface area (Å²) in [6.45, 7) is 8.32. The van der Waals surface area contributed by atoms with Crippen LogP contribution >= 0.6 is 11.3 Å². The van der Waals surface area contributed by atoms with E-state index in [4.69, 9.17) is 0 Å². The van der Waals surface area contributed by atoms with E-state index in [0.717, 1.165) is 19.5 Å². The van der Waals surface area contributed by atoms with Crippen LogP contribution in [0.3, 0.4) is 0 Å². The van der Waals surface area contributed by atoms with E-state index in [1.807, 2.05) is 11.3 Å². The summed E-state index contributed by atoms with van der Waals surface area (Å²) in [6, 6.07) is 4.37. The van der Waals surface area contributed by atoms with Crippen LogP contribution in [0.4, 0.5) is 0 Å². The van der Waals surface area contributed by atoms with Crippen molar-refractivity contribution in [2.45, 2.75) is 39.2 Å². The van der Waals surface area contributed by atoms with Crippen molar-refractivity contribution in [3.05, 3.63) is 21.9 Å². The molecule has 1 N–H and O–H groups in total. The molecule has 1 aliphatic rings. The lowest BCUT2D eigenvalue weighted by atomic mass is 9.95. The fourth-order valence-electron chi connectivity index (χ4n) is 2.31. The van der Waals surface area contributed by atoms with Crippen molar-refractivity contribution in [1.82, 2.24) is 5.32 Å². The number of rotatable bonds is 4. The third kappa shape index (κ3) is 4.29.